The zero-order valence-corrected chi connectivity index (χ0v) is 34.4. The van der Waals surface area contributed by atoms with Crippen LogP contribution >= 0.6 is 111 Å². The average Bonchev–Trinajstić information content (AvgIpc) is 3.76. The number of aryl methyl sites for hydroxylation is 4. The molecule has 0 N–H and O–H groups in total. The summed E-state index contributed by atoms with van der Waals surface area (Å²) in [6, 6.07) is 23.1. The molecule has 8 aromatic rings. The summed E-state index contributed by atoms with van der Waals surface area (Å²) >= 11 is 29.7. The molecule has 8 rings (SSSR count). The van der Waals surface area contributed by atoms with Gasteiger partial charge < -0.3 is 0 Å². The SMILES string of the molecule is Cc1nc2cc(Cl)ccc2s1.Cc1nc2cc(Cl)ccc2s1.Cc1nc2cc(Cl)ccc2s1.Cc1nc2cc(Cl)ccc2s1.[Cl][Rh][Cl]. The number of halogens is 6. The standard InChI is InChI=1S/4C8H6ClNS.2ClH.Rh/c4*1-5-10-7-4-6(9)2-3-8(7)11-5;;;/h4*2-4H,1H3;2*1H;/q;;;;;;+2/p-2. The van der Waals surface area contributed by atoms with Crippen molar-refractivity contribution in [3.63, 3.8) is 0 Å². The quantitative estimate of drug-likeness (QED) is 0.142. The Hall–Kier alpha value is -1.20. The number of aromatic nitrogens is 4. The molecule has 4 aromatic heterocycles. The van der Waals surface area contributed by atoms with Crippen molar-refractivity contribution in [2.24, 2.45) is 0 Å². The van der Waals surface area contributed by atoms with Crippen molar-refractivity contribution < 1.29 is 15.1 Å². The van der Waals surface area contributed by atoms with E-state index < -0.39 is 0 Å². The molecule has 4 nitrogen and oxygen atoms in total. The number of rotatable bonds is 0. The third-order valence-corrected chi connectivity index (χ3v) is 10.6. The summed E-state index contributed by atoms with van der Waals surface area (Å²) in [7, 11) is 9.67. The van der Waals surface area contributed by atoms with Gasteiger partial charge in [-0.25, -0.2) is 19.9 Å². The Labute approximate surface area is 324 Å². The predicted molar refractivity (Wildman–Crippen MR) is 209 cm³/mol. The number of fused-ring (bicyclic) bond motifs is 4. The molecule has 0 unspecified atom stereocenters. The maximum absolute atomic E-state index is 5.79. The van der Waals surface area contributed by atoms with Crippen LogP contribution in [0.5, 0.6) is 0 Å². The van der Waals surface area contributed by atoms with Crippen molar-refractivity contribution in [3.05, 3.63) is 113 Å². The van der Waals surface area contributed by atoms with E-state index in [0.29, 0.717) is 0 Å². The third-order valence-electron chi connectivity index (χ3n) is 5.83. The molecule has 47 heavy (non-hydrogen) atoms. The van der Waals surface area contributed by atoms with Crippen molar-refractivity contribution >= 4 is 152 Å². The van der Waals surface area contributed by atoms with Gasteiger partial charge in [0.1, 0.15) is 0 Å². The monoisotopic (exact) mass is 905 g/mol. The fourth-order valence-electron chi connectivity index (χ4n) is 4.06. The molecule has 0 aliphatic heterocycles. The molecule has 0 saturated carbocycles. The topological polar surface area (TPSA) is 51.6 Å². The van der Waals surface area contributed by atoms with E-state index in [2.05, 4.69) is 19.9 Å². The first-order valence-electron chi connectivity index (χ1n) is 13.4. The van der Waals surface area contributed by atoms with Crippen LogP contribution in [0, 0.1) is 27.7 Å². The van der Waals surface area contributed by atoms with E-state index in [9.17, 15) is 0 Å². The molecule has 15 heteroatoms. The van der Waals surface area contributed by atoms with Gasteiger partial charge in [0.05, 0.1) is 60.9 Å². The molecule has 0 spiro atoms. The second kappa shape index (κ2) is 18.7. The Balaban J connectivity index is 0.000000138. The second-order valence-corrected chi connectivity index (χ2v) is 18.6. The third kappa shape index (κ3) is 12.0. The molecule has 0 bridgehead atoms. The van der Waals surface area contributed by atoms with Gasteiger partial charge in [0.25, 0.3) is 0 Å². The molecule has 0 radical (unpaired) electrons. The summed E-state index contributed by atoms with van der Waals surface area (Å²) in [4.78, 5) is 17.2. The van der Waals surface area contributed by atoms with Gasteiger partial charge >= 0.3 is 34.5 Å². The average molecular weight is 908 g/mol. The van der Waals surface area contributed by atoms with E-state index in [1.54, 1.807) is 45.3 Å². The first kappa shape index (κ1) is 38.6. The molecule has 0 amide bonds. The van der Waals surface area contributed by atoms with E-state index in [-0.39, 0.29) is 15.1 Å². The van der Waals surface area contributed by atoms with Gasteiger partial charge in [-0.2, -0.15) is 0 Å². The van der Waals surface area contributed by atoms with Gasteiger partial charge in [0, 0.05) is 20.1 Å². The van der Waals surface area contributed by atoms with Gasteiger partial charge in [0.15, 0.2) is 0 Å². The van der Waals surface area contributed by atoms with Gasteiger partial charge in [-0.1, -0.05) is 46.4 Å². The van der Waals surface area contributed by atoms with Gasteiger partial charge in [-0.3, -0.25) is 0 Å². The summed E-state index contributed by atoms with van der Waals surface area (Å²) < 4.78 is 4.80. The maximum atomic E-state index is 5.79. The molecule has 4 aromatic carbocycles. The molecule has 0 atom stereocenters. The Bertz CT molecular complexity index is 1920. The fourth-order valence-corrected chi connectivity index (χ4v) is 7.96. The van der Waals surface area contributed by atoms with Crippen LogP contribution in [0.25, 0.3) is 40.9 Å². The minimum absolute atomic E-state index is 0.226. The summed E-state index contributed by atoms with van der Waals surface area (Å²) in [6.07, 6.45) is 0. The Morgan fingerprint density at radius 1 is 0.404 bits per heavy atom. The van der Waals surface area contributed by atoms with Crippen molar-refractivity contribution in [1.82, 2.24) is 19.9 Å². The molecule has 0 aliphatic rings. The molecule has 0 saturated heterocycles. The molecule has 0 fully saturated rings. The summed E-state index contributed by atoms with van der Waals surface area (Å²) in [6.45, 7) is 7.99. The molecule has 0 aliphatic carbocycles. The number of nitrogens with zero attached hydrogens (tertiary/aromatic N) is 4. The van der Waals surface area contributed by atoms with Crippen LogP contribution in [-0.2, 0) is 15.1 Å². The second-order valence-electron chi connectivity index (χ2n) is 9.43. The van der Waals surface area contributed by atoms with Crippen LogP contribution in [0.4, 0.5) is 0 Å². The predicted octanol–water partition coefficient (Wildman–Crippen LogP) is 14.4. The Morgan fingerprint density at radius 2 is 0.596 bits per heavy atom. The van der Waals surface area contributed by atoms with Crippen LogP contribution in [0.15, 0.2) is 72.8 Å². The van der Waals surface area contributed by atoms with E-state index in [0.717, 1.165) is 62.2 Å². The normalized spacial score (nSPS) is 10.5. The first-order valence-corrected chi connectivity index (χ1v) is 22.4. The summed E-state index contributed by atoms with van der Waals surface area (Å²) in [5, 5.41) is 7.35. The van der Waals surface area contributed by atoms with E-state index in [1.165, 1.54) is 18.8 Å². The van der Waals surface area contributed by atoms with Crippen molar-refractivity contribution in [1.29, 1.82) is 0 Å². The van der Waals surface area contributed by atoms with Crippen molar-refractivity contribution in [2.45, 2.75) is 27.7 Å². The summed E-state index contributed by atoms with van der Waals surface area (Å²) in [5.74, 6) is 0. The van der Waals surface area contributed by atoms with Gasteiger partial charge in [0.2, 0.25) is 0 Å². The van der Waals surface area contributed by atoms with Gasteiger partial charge in [-0.05, 0) is 100 Å². The van der Waals surface area contributed by atoms with E-state index in [1.807, 2.05) is 100 Å². The Morgan fingerprint density at radius 3 is 0.787 bits per heavy atom. The van der Waals surface area contributed by atoms with Crippen molar-refractivity contribution in [3.8, 4) is 0 Å². The van der Waals surface area contributed by atoms with Crippen molar-refractivity contribution in [2.75, 3.05) is 0 Å². The zero-order valence-electron chi connectivity index (χ0n) is 25.0. The van der Waals surface area contributed by atoms with E-state index in [4.69, 9.17) is 65.8 Å². The minimum atomic E-state index is -0.226. The van der Waals surface area contributed by atoms with E-state index >= 15 is 0 Å². The van der Waals surface area contributed by atoms with Gasteiger partial charge in [-0.15, -0.1) is 45.3 Å². The van der Waals surface area contributed by atoms with Crippen LogP contribution in [0.3, 0.4) is 0 Å². The first-order chi connectivity index (χ1) is 22.4. The van der Waals surface area contributed by atoms with Crippen LogP contribution in [-0.4, -0.2) is 19.9 Å². The number of benzene rings is 4. The van der Waals surface area contributed by atoms with Crippen LogP contribution in [0.1, 0.15) is 20.0 Å². The fraction of sp³-hybridized carbons (Fsp3) is 0.125. The number of hydrogen-bond acceptors (Lipinski definition) is 8. The number of thiazole rings is 4. The molecule has 4 heterocycles. The molecule has 247 valence electrons. The summed E-state index contributed by atoms with van der Waals surface area (Å²) in [5.41, 5.74) is 4.00. The number of hydrogen-bond donors (Lipinski definition) is 0. The Kier molecular flexibility index (Phi) is 15.4. The molecular weight excluding hydrogens is 884 g/mol. The molecular formula is C32H24Cl6N4RhS4. The van der Waals surface area contributed by atoms with Crippen LogP contribution in [0.2, 0.25) is 20.1 Å². The zero-order chi connectivity index (χ0) is 34.1. The van der Waals surface area contributed by atoms with Crippen LogP contribution < -0.4 is 0 Å².